The normalized spacial score (nSPS) is 11.0. The average molecular weight is 517 g/mol. The van der Waals surface area contributed by atoms with Gasteiger partial charge in [-0.25, -0.2) is 14.6 Å². The number of hydrogen-bond acceptors (Lipinski definition) is 7. The summed E-state index contributed by atoms with van der Waals surface area (Å²) in [7, 11) is 0. The van der Waals surface area contributed by atoms with Gasteiger partial charge in [0.1, 0.15) is 0 Å². The number of tetrazole rings is 1. The van der Waals surface area contributed by atoms with Crippen LogP contribution in [0.2, 0.25) is 0 Å². The number of nitrogens with two attached hydrogens (primary N) is 1. The summed E-state index contributed by atoms with van der Waals surface area (Å²) < 4.78 is 60.7. The SMILES string of the molecule is CCn1cc(-c2ccc(C)c(-n3nnn(CC(CN)=C(F)F)c3=O)n2)ccc1=O.O=C(O)C(F)(F)F. The quantitative estimate of drug-likeness (QED) is 0.469. The first kappa shape index (κ1) is 28.0. The highest BCUT2D eigenvalue weighted by Crippen LogP contribution is 2.19. The van der Waals surface area contributed by atoms with E-state index in [-0.39, 0.29) is 11.4 Å². The van der Waals surface area contributed by atoms with Gasteiger partial charge in [0.15, 0.2) is 5.82 Å². The Morgan fingerprint density at radius 1 is 1.11 bits per heavy atom. The van der Waals surface area contributed by atoms with Gasteiger partial charge in [-0.05, 0) is 42.0 Å². The van der Waals surface area contributed by atoms with Crippen LogP contribution in [-0.4, -0.2) is 53.1 Å². The van der Waals surface area contributed by atoms with Crippen LogP contribution in [0, 0.1) is 6.92 Å². The number of aliphatic carboxylic acids is 1. The maximum Gasteiger partial charge on any atom is 0.490 e. The summed E-state index contributed by atoms with van der Waals surface area (Å²) >= 11 is 0. The second-order valence-electron chi connectivity index (χ2n) is 7.08. The largest absolute Gasteiger partial charge is 0.490 e. The number of rotatable bonds is 6. The molecule has 0 bridgehead atoms. The van der Waals surface area contributed by atoms with Crippen LogP contribution >= 0.6 is 0 Å². The van der Waals surface area contributed by atoms with E-state index in [0.29, 0.717) is 23.4 Å². The molecule has 0 spiro atoms. The molecule has 0 saturated carbocycles. The van der Waals surface area contributed by atoms with E-state index >= 15 is 0 Å². The maximum atomic E-state index is 12.8. The number of carboxylic acid groups (broad SMARTS) is 1. The number of alkyl halides is 3. The molecule has 0 unspecified atom stereocenters. The molecule has 0 aliphatic heterocycles. The summed E-state index contributed by atoms with van der Waals surface area (Å²) in [5.74, 6) is -2.54. The van der Waals surface area contributed by atoms with Gasteiger partial charge in [-0.3, -0.25) is 4.79 Å². The molecule has 0 aromatic carbocycles. The first-order valence-electron chi connectivity index (χ1n) is 10.0. The van der Waals surface area contributed by atoms with Crippen LogP contribution in [0.4, 0.5) is 22.0 Å². The van der Waals surface area contributed by atoms with Gasteiger partial charge in [-0.15, -0.1) is 4.68 Å². The Morgan fingerprint density at radius 3 is 2.28 bits per heavy atom. The molecule has 194 valence electrons. The summed E-state index contributed by atoms with van der Waals surface area (Å²) in [4.78, 5) is 37.8. The lowest BCUT2D eigenvalue weighted by Gasteiger charge is -2.08. The van der Waals surface area contributed by atoms with E-state index in [1.165, 1.54) is 10.6 Å². The molecule has 0 amide bonds. The van der Waals surface area contributed by atoms with Crippen molar-refractivity contribution in [3.8, 4) is 17.1 Å². The molecule has 16 heteroatoms. The molecule has 36 heavy (non-hydrogen) atoms. The standard InChI is InChI=1S/C18H19F2N7O2.C2HF3O2/c1-3-25-9-12(5-7-15(25)28)14-6-4-11(2)17(22-14)27-18(29)26(23-24-27)10-13(8-21)16(19)20;3-2(4,5)1(6)7/h4-7,9H,3,8,10,21H2,1-2H3;(H,6,7). The summed E-state index contributed by atoms with van der Waals surface area (Å²) in [5, 5.41) is 14.5. The van der Waals surface area contributed by atoms with E-state index < -0.39 is 42.6 Å². The van der Waals surface area contributed by atoms with Gasteiger partial charge in [-0.1, -0.05) is 6.07 Å². The molecule has 3 aromatic heterocycles. The Balaban J connectivity index is 0.000000572. The molecule has 0 radical (unpaired) electrons. The van der Waals surface area contributed by atoms with Crippen molar-refractivity contribution in [1.29, 1.82) is 0 Å². The minimum absolute atomic E-state index is 0.133. The van der Waals surface area contributed by atoms with Crippen molar-refractivity contribution in [1.82, 2.24) is 29.3 Å². The maximum absolute atomic E-state index is 12.8. The first-order chi connectivity index (χ1) is 16.8. The molecule has 0 saturated heterocycles. The van der Waals surface area contributed by atoms with Crippen LogP contribution in [0.25, 0.3) is 17.1 Å². The zero-order chi connectivity index (χ0) is 27.2. The van der Waals surface area contributed by atoms with Crippen molar-refractivity contribution < 1.29 is 31.9 Å². The summed E-state index contributed by atoms with van der Waals surface area (Å²) in [6.07, 6.45) is -5.36. The van der Waals surface area contributed by atoms with Crippen LogP contribution < -0.4 is 17.0 Å². The number of carboxylic acids is 1. The molecule has 3 aromatic rings. The molecule has 11 nitrogen and oxygen atoms in total. The van der Waals surface area contributed by atoms with Crippen LogP contribution in [0.3, 0.4) is 0 Å². The van der Waals surface area contributed by atoms with Gasteiger partial charge >= 0.3 is 17.8 Å². The van der Waals surface area contributed by atoms with Gasteiger partial charge in [0, 0.05) is 36.5 Å². The highest BCUT2D eigenvalue weighted by atomic mass is 19.4. The number of pyridine rings is 2. The summed E-state index contributed by atoms with van der Waals surface area (Å²) in [6, 6.07) is 6.57. The van der Waals surface area contributed by atoms with Gasteiger partial charge in [0.05, 0.1) is 12.2 Å². The van der Waals surface area contributed by atoms with Crippen molar-refractivity contribution in [2.75, 3.05) is 6.54 Å². The van der Waals surface area contributed by atoms with E-state index in [1.54, 1.807) is 31.3 Å². The molecule has 3 heterocycles. The lowest BCUT2D eigenvalue weighted by molar-refractivity contribution is -0.192. The molecule has 0 aliphatic rings. The number of hydrogen-bond donors (Lipinski definition) is 2. The second-order valence-corrected chi connectivity index (χ2v) is 7.08. The van der Waals surface area contributed by atoms with Crippen molar-refractivity contribution in [2.45, 2.75) is 33.1 Å². The number of nitrogens with zero attached hydrogens (tertiary/aromatic N) is 6. The molecule has 0 atom stereocenters. The Hall–Kier alpha value is -4.21. The van der Waals surface area contributed by atoms with E-state index in [4.69, 9.17) is 15.6 Å². The summed E-state index contributed by atoms with van der Waals surface area (Å²) in [5.41, 5.74) is 5.87. The minimum Gasteiger partial charge on any atom is -0.475 e. The van der Waals surface area contributed by atoms with Gasteiger partial charge in [0.25, 0.3) is 11.6 Å². The average Bonchev–Trinajstić information content (AvgIpc) is 3.17. The third-order valence-electron chi connectivity index (χ3n) is 4.63. The Kier molecular flexibility index (Phi) is 8.94. The van der Waals surface area contributed by atoms with Crippen LogP contribution in [0.15, 0.2) is 51.7 Å². The lowest BCUT2D eigenvalue weighted by atomic mass is 10.1. The monoisotopic (exact) mass is 517 g/mol. The molecular weight excluding hydrogens is 497 g/mol. The fraction of sp³-hybridized carbons (Fsp3) is 0.300. The van der Waals surface area contributed by atoms with Crippen molar-refractivity contribution >= 4 is 5.97 Å². The van der Waals surface area contributed by atoms with Crippen molar-refractivity contribution in [3.05, 3.63) is 68.5 Å². The van der Waals surface area contributed by atoms with Crippen LogP contribution in [-0.2, 0) is 17.9 Å². The van der Waals surface area contributed by atoms with Gasteiger partial charge in [-0.2, -0.15) is 26.6 Å². The predicted molar refractivity (Wildman–Crippen MR) is 116 cm³/mol. The molecule has 0 fully saturated rings. The first-order valence-corrected chi connectivity index (χ1v) is 10.0. The third-order valence-corrected chi connectivity index (χ3v) is 4.63. The highest BCUT2D eigenvalue weighted by molar-refractivity contribution is 5.73. The number of carbonyl (C=O) groups is 1. The summed E-state index contributed by atoms with van der Waals surface area (Å²) in [6.45, 7) is 3.22. The molecular formula is C20H20F5N7O4. The Labute approximate surface area is 198 Å². The van der Waals surface area contributed by atoms with Crippen molar-refractivity contribution in [2.24, 2.45) is 5.73 Å². The zero-order valence-electron chi connectivity index (χ0n) is 18.8. The molecule has 3 rings (SSSR count). The Bertz CT molecular complexity index is 1390. The molecule has 3 N–H and O–H groups in total. The van der Waals surface area contributed by atoms with Gasteiger partial charge in [0.2, 0.25) is 0 Å². The topological polar surface area (TPSA) is 151 Å². The minimum atomic E-state index is -5.08. The fourth-order valence-corrected chi connectivity index (χ4v) is 2.71. The van der Waals surface area contributed by atoms with Gasteiger partial charge < -0.3 is 15.4 Å². The van der Waals surface area contributed by atoms with E-state index in [9.17, 15) is 31.5 Å². The smallest absolute Gasteiger partial charge is 0.475 e. The fourth-order valence-electron chi connectivity index (χ4n) is 2.71. The lowest BCUT2D eigenvalue weighted by Crippen LogP contribution is -2.27. The number of aryl methyl sites for hydroxylation is 2. The van der Waals surface area contributed by atoms with Crippen LogP contribution in [0.1, 0.15) is 12.5 Å². The number of aromatic nitrogens is 6. The second kappa shape index (κ2) is 11.5. The zero-order valence-corrected chi connectivity index (χ0v) is 18.8. The number of halogens is 5. The van der Waals surface area contributed by atoms with Crippen molar-refractivity contribution in [3.63, 3.8) is 0 Å². The highest BCUT2D eigenvalue weighted by Gasteiger charge is 2.38. The van der Waals surface area contributed by atoms with E-state index in [0.717, 1.165) is 9.36 Å². The Morgan fingerprint density at radius 2 is 1.75 bits per heavy atom. The van der Waals surface area contributed by atoms with E-state index in [2.05, 4.69) is 15.4 Å². The molecule has 0 aliphatic carbocycles. The third kappa shape index (κ3) is 6.68. The predicted octanol–water partition coefficient (Wildman–Crippen LogP) is 1.72. The van der Waals surface area contributed by atoms with Crippen LogP contribution in [0.5, 0.6) is 0 Å². The van der Waals surface area contributed by atoms with E-state index in [1.807, 2.05) is 6.92 Å².